The van der Waals surface area contributed by atoms with Crippen molar-refractivity contribution in [3.8, 4) is 5.75 Å². The number of hydrogen-bond acceptors (Lipinski definition) is 1. The molecule has 1 fully saturated rings. The fraction of sp³-hybridized carbons (Fsp3) is 0.538. The Balaban J connectivity index is 1.46. The summed E-state index contributed by atoms with van der Waals surface area (Å²) in [6, 6.07) is 18.3. The molecule has 0 aromatic heterocycles. The predicted octanol–water partition coefficient (Wildman–Crippen LogP) is 7.65. The van der Waals surface area contributed by atoms with Crippen LogP contribution in [0.5, 0.6) is 5.75 Å². The Labute approximate surface area is 166 Å². The van der Waals surface area contributed by atoms with E-state index in [1.54, 1.807) is 12.7 Å². The van der Waals surface area contributed by atoms with E-state index in [1.807, 2.05) is 0 Å². The molecule has 3 rings (SSSR count). The Bertz CT molecular complexity index is 648. The van der Waals surface area contributed by atoms with Crippen molar-refractivity contribution in [2.75, 3.05) is 7.11 Å². The number of rotatable bonds is 9. The molecule has 0 unspecified atom stereocenters. The van der Waals surface area contributed by atoms with Crippen molar-refractivity contribution in [1.29, 1.82) is 0 Å². The average Bonchev–Trinajstić information content (AvgIpc) is 2.74. The maximum Gasteiger partial charge on any atom is 0.118 e. The number of aryl methyl sites for hydroxylation is 1. The lowest BCUT2D eigenvalue weighted by Crippen LogP contribution is -2.12. The van der Waals surface area contributed by atoms with Crippen LogP contribution in [0, 0.1) is 0 Å². The fourth-order valence-corrected chi connectivity index (χ4v) is 4.53. The van der Waals surface area contributed by atoms with Crippen LogP contribution in [0.25, 0.3) is 0 Å². The first-order chi connectivity index (χ1) is 13.3. The molecule has 0 amide bonds. The van der Waals surface area contributed by atoms with E-state index in [0.29, 0.717) is 0 Å². The van der Waals surface area contributed by atoms with E-state index in [1.165, 1.54) is 75.3 Å². The monoisotopic (exact) mass is 364 g/mol. The second kappa shape index (κ2) is 10.5. The van der Waals surface area contributed by atoms with Gasteiger partial charge in [-0.3, -0.25) is 0 Å². The van der Waals surface area contributed by atoms with Gasteiger partial charge in [0.05, 0.1) is 7.11 Å². The number of unbranched alkanes of at least 4 members (excludes halogenated alkanes) is 4. The Morgan fingerprint density at radius 3 is 1.74 bits per heavy atom. The second-order valence-electron chi connectivity index (χ2n) is 8.23. The molecule has 0 aliphatic heterocycles. The second-order valence-corrected chi connectivity index (χ2v) is 8.23. The van der Waals surface area contributed by atoms with Crippen LogP contribution in [-0.4, -0.2) is 7.11 Å². The highest BCUT2D eigenvalue weighted by atomic mass is 16.5. The van der Waals surface area contributed by atoms with E-state index < -0.39 is 0 Å². The zero-order valence-electron chi connectivity index (χ0n) is 17.3. The van der Waals surface area contributed by atoms with Gasteiger partial charge in [-0.2, -0.15) is 0 Å². The van der Waals surface area contributed by atoms with Gasteiger partial charge in [-0.05, 0) is 79.2 Å². The summed E-state index contributed by atoms with van der Waals surface area (Å²) in [5.41, 5.74) is 4.55. The Morgan fingerprint density at radius 1 is 0.704 bits per heavy atom. The summed E-state index contributed by atoms with van der Waals surface area (Å²) in [6.45, 7) is 2.28. The summed E-state index contributed by atoms with van der Waals surface area (Å²) in [6.07, 6.45) is 13.3. The van der Waals surface area contributed by atoms with Crippen LogP contribution >= 0.6 is 0 Å². The minimum atomic E-state index is 0.717. The van der Waals surface area contributed by atoms with E-state index in [9.17, 15) is 0 Å². The summed E-state index contributed by atoms with van der Waals surface area (Å²) in [7, 11) is 1.73. The SMILES string of the molecule is CCCCCCCc1ccc([C@H]2CC[C@H](c3ccc(OC)cc3)CC2)cc1. The van der Waals surface area contributed by atoms with Crippen LogP contribution in [0.4, 0.5) is 0 Å². The van der Waals surface area contributed by atoms with Crippen molar-refractivity contribution in [2.24, 2.45) is 0 Å². The van der Waals surface area contributed by atoms with Crippen LogP contribution in [0.2, 0.25) is 0 Å². The number of benzene rings is 2. The van der Waals surface area contributed by atoms with E-state index >= 15 is 0 Å². The summed E-state index contributed by atoms with van der Waals surface area (Å²) in [4.78, 5) is 0. The van der Waals surface area contributed by atoms with Crippen LogP contribution < -0.4 is 4.74 Å². The lowest BCUT2D eigenvalue weighted by atomic mass is 9.76. The van der Waals surface area contributed by atoms with Gasteiger partial charge in [-0.25, -0.2) is 0 Å². The van der Waals surface area contributed by atoms with Gasteiger partial charge < -0.3 is 4.74 Å². The molecule has 0 spiro atoms. The van der Waals surface area contributed by atoms with E-state index in [-0.39, 0.29) is 0 Å². The minimum Gasteiger partial charge on any atom is -0.497 e. The molecule has 1 saturated carbocycles. The first-order valence-electron chi connectivity index (χ1n) is 11.0. The summed E-state index contributed by atoms with van der Waals surface area (Å²) in [5.74, 6) is 2.42. The fourth-order valence-electron chi connectivity index (χ4n) is 4.53. The molecule has 0 radical (unpaired) electrons. The highest BCUT2D eigenvalue weighted by Gasteiger charge is 2.23. The summed E-state index contributed by atoms with van der Waals surface area (Å²) < 4.78 is 5.28. The maximum absolute atomic E-state index is 5.28. The Morgan fingerprint density at radius 2 is 1.22 bits per heavy atom. The minimum absolute atomic E-state index is 0.717. The van der Waals surface area contributed by atoms with E-state index in [4.69, 9.17) is 4.74 Å². The van der Waals surface area contributed by atoms with Crippen LogP contribution in [0.15, 0.2) is 48.5 Å². The highest BCUT2D eigenvalue weighted by Crippen LogP contribution is 2.40. The lowest BCUT2D eigenvalue weighted by Gasteiger charge is -2.29. The van der Waals surface area contributed by atoms with Crippen LogP contribution in [0.3, 0.4) is 0 Å². The number of ether oxygens (including phenoxy) is 1. The molecule has 2 aromatic rings. The molecule has 1 nitrogen and oxygen atoms in total. The van der Waals surface area contributed by atoms with Crippen LogP contribution in [-0.2, 0) is 6.42 Å². The third-order valence-electron chi connectivity index (χ3n) is 6.33. The van der Waals surface area contributed by atoms with Crippen LogP contribution in [0.1, 0.15) is 93.2 Å². The van der Waals surface area contributed by atoms with Gasteiger partial charge in [0.2, 0.25) is 0 Å². The van der Waals surface area contributed by atoms with Crippen molar-refractivity contribution in [3.05, 3.63) is 65.2 Å². The van der Waals surface area contributed by atoms with Gasteiger partial charge in [0.25, 0.3) is 0 Å². The third-order valence-corrected chi connectivity index (χ3v) is 6.33. The predicted molar refractivity (Wildman–Crippen MR) is 116 cm³/mol. The lowest BCUT2D eigenvalue weighted by molar-refractivity contribution is 0.394. The molecule has 1 aliphatic carbocycles. The molecule has 0 atom stereocenters. The molecular weight excluding hydrogens is 328 g/mol. The first kappa shape index (κ1) is 20.0. The molecule has 0 heterocycles. The molecule has 0 N–H and O–H groups in total. The molecule has 27 heavy (non-hydrogen) atoms. The first-order valence-corrected chi connectivity index (χ1v) is 11.0. The zero-order chi connectivity index (χ0) is 18.9. The van der Waals surface area contributed by atoms with E-state index in [2.05, 4.69) is 55.5 Å². The van der Waals surface area contributed by atoms with Gasteiger partial charge in [0.1, 0.15) is 5.75 Å². The van der Waals surface area contributed by atoms with Gasteiger partial charge in [0, 0.05) is 0 Å². The topological polar surface area (TPSA) is 9.23 Å². The zero-order valence-corrected chi connectivity index (χ0v) is 17.3. The molecule has 1 heteroatoms. The number of methoxy groups -OCH3 is 1. The van der Waals surface area contributed by atoms with Gasteiger partial charge in [0.15, 0.2) is 0 Å². The summed E-state index contributed by atoms with van der Waals surface area (Å²) >= 11 is 0. The Kier molecular flexibility index (Phi) is 7.80. The largest absolute Gasteiger partial charge is 0.497 e. The van der Waals surface area contributed by atoms with E-state index in [0.717, 1.165) is 17.6 Å². The quantitative estimate of drug-likeness (QED) is 0.415. The molecule has 2 aromatic carbocycles. The molecular formula is C26H36O. The Hall–Kier alpha value is -1.76. The maximum atomic E-state index is 5.28. The average molecular weight is 365 g/mol. The molecule has 1 aliphatic rings. The van der Waals surface area contributed by atoms with Gasteiger partial charge in [-0.1, -0.05) is 69.0 Å². The van der Waals surface area contributed by atoms with Crippen molar-refractivity contribution in [2.45, 2.75) is 83.0 Å². The van der Waals surface area contributed by atoms with Crippen molar-refractivity contribution in [3.63, 3.8) is 0 Å². The normalized spacial score (nSPS) is 19.8. The molecule has 146 valence electrons. The highest BCUT2D eigenvalue weighted by molar-refractivity contribution is 5.31. The molecule has 0 saturated heterocycles. The van der Waals surface area contributed by atoms with Crippen molar-refractivity contribution < 1.29 is 4.74 Å². The molecule has 0 bridgehead atoms. The van der Waals surface area contributed by atoms with Crippen molar-refractivity contribution in [1.82, 2.24) is 0 Å². The van der Waals surface area contributed by atoms with Crippen molar-refractivity contribution >= 4 is 0 Å². The van der Waals surface area contributed by atoms with Gasteiger partial charge >= 0.3 is 0 Å². The third kappa shape index (κ3) is 5.86. The number of hydrogen-bond donors (Lipinski definition) is 0. The van der Waals surface area contributed by atoms with Gasteiger partial charge in [-0.15, -0.1) is 0 Å². The summed E-state index contributed by atoms with van der Waals surface area (Å²) in [5, 5.41) is 0. The standard InChI is InChI=1S/C26H36O/c1-3-4-5-6-7-8-21-9-11-22(12-10-21)23-13-15-24(16-14-23)25-17-19-26(27-2)20-18-25/h9-12,17-20,23-24H,3-8,13-16H2,1-2H3/t23-,24-. The smallest absolute Gasteiger partial charge is 0.118 e.